The lowest BCUT2D eigenvalue weighted by molar-refractivity contribution is 0.102. The molecular weight excluding hydrogens is 378 g/mol. The van der Waals surface area contributed by atoms with E-state index in [4.69, 9.17) is 4.74 Å². The lowest BCUT2D eigenvalue weighted by Crippen LogP contribution is -2.12. The first kappa shape index (κ1) is 17.2. The molecule has 3 nitrogen and oxygen atoms in total. The normalized spacial score (nSPS) is 10.3. The van der Waals surface area contributed by atoms with Crippen LogP contribution < -0.4 is 10.1 Å². The van der Waals surface area contributed by atoms with Crippen LogP contribution in [0.5, 0.6) is 5.75 Å². The zero-order chi connectivity index (χ0) is 17.6. The Bertz CT molecular complexity index is 861. The van der Waals surface area contributed by atoms with E-state index in [1.807, 2.05) is 61.5 Å². The number of carbonyl (C=O) groups is 1. The molecule has 3 aromatic carbocycles. The van der Waals surface area contributed by atoms with E-state index in [1.165, 1.54) is 0 Å². The first-order valence-corrected chi connectivity index (χ1v) is 8.75. The Balaban J connectivity index is 1.66. The van der Waals surface area contributed by atoms with Gasteiger partial charge in [0.2, 0.25) is 0 Å². The van der Waals surface area contributed by atoms with Gasteiger partial charge in [0.15, 0.2) is 0 Å². The Morgan fingerprint density at radius 3 is 2.40 bits per heavy atom. The van der Waals surface area contributed by atoms with Gasteiger partial charge < -0.3 is 10.1 Å². The van der Waals surface area contributed by atoms with E-state index >= 15 is 0 Å². The molecule has 0 radical (unpaired) electrons. The summed E-state index contributed by atoms with van der Waals surface area (Å²) in [5, 5.41) is 2.89. The molecule has 0 saturated heterocycles. The van der Waals surface area contributed by atoms with Gasteiger partial charge in [-0.1, -0.05) is 48.0 Å². The van der Waals surface area contributed by atoms with Crippen LogP contribution in [0, 0.1) is 6.92 Å². The summed E-state index contributed by atoms with van der Waals surface area (Å²) in [6.07, 6.45) is 0. The molecule has 1 N–H and O–H groups in total. The standard InChI is InChI=1S/C21H18BrNO2/c1-15-7-10-18(11-8-15)23-21(24)17-9-12-20(19(22)13-17)25-14-16-5-3-2-4-6-16/h2-13H,14H2,1H3,(H,23,24). The third-order valence-electron chi connectivity index (χ3n) is 3.74. The molecular formula is C21H18BrNO2. The van der Waals surface area contributed by atoms with E-state index < -0.39 is 0 Å². The van der Waals surface area contributed by atoms with Crippen LogP contribution in [0.25, 0.3) is 0 Å². The molecule has 0 aliphatic heterocycles. The number of halogens is 1. The molecule has 126 valence electrons. The Morgan fingerprint density at radius 1 is 1.00 bits per heavy atom. The predicted octanol–water partition coefficient (Wildman–Crippen LogP) is 5.59. The third-order valence-corrected chi connectivity index (χ3v) is 4.36. The van der Waals surface area contributed by atoms with Crippen molar-refractivity contribution in [1.82, 2.24) is 0 Å². The molecule has 0 fully saturated rings. The quantitative estimate of drug-likeness (QED) is 0.611. The molecule has 3 aromatic rings. The van der Waals surface area contributed by atoms with Crippen LogP contribution in [0.15, 0.2) is 77.3 Å². The van der Waals surface area contributed by atoms with E-state index in [0.717, 1.165) is 21.3 Å². The van der Waals surface area contributed by atoms with Crippen molar-refractivity contribution in [2.45, 2.75) is 13.5 Å². The van der Waals surface area contributed by atoms with Gasteiger partial charge in [-0.25, -0.2) is 0 Å². The summed E-state index contributed by atoms with van der Waals surface area (Å²) < 4.78 is 6.56. The van der Waals surface area contributed by atoms with Gasteiger partial charge in [-0.15, -0.1) is 0 Å². The Labute approximate surface area is 155 Å². The summed E-state index contributed by atoms with van der Waals surface area (Å²) in [6, 6.07) is 23.0. The van der Waals surface area contributed by atoms with Gasteiger partial charge in [0.05, 0.1) is 4.47 Å². The molecule has 4 heteroatoms. The van der Waals surface area contributed by atoms with E-state index in [1.54, 1.807) is 18.2 Å². The molecule has 0 spiro atoms. The van der Waals surface area contributed by atoms with Crippen LogP contribution in [-0.4, -0.2) is 5.91 Å². The van der Waals surface area contributed by atoms with Crippen molar-refractivity contribution in [3.8, 4) is 5.75 Å². The van der Waals surface area contributed by atoms with Crippen LogP contribution in [0.2, 0.25) is 0 Å². The number of anilines is 1. The second-order valence-electron chi connectivity index (χ2n) is 5.74. The Morgan fingerprint density at radius 2 is 1.72 bits per heavy atom. The van der Waals surface area contributed by atoms with Crippen LogP contribution in [0.1, 0.15) is 21.5 Å². The molecule has 0 bridgehead atoms. The van der Waals surface area contributed by atoms with Gasteiger partial charge in [0.1, 0.15) is 12.4 Å². The fraction of sp³-hybridized carbons (Fsp3) is 0.0952. The number of amides is 1. The maximum Gasteiger partial charge on any atom is 0.255 e. The number of ether oxygens (including phenoxy) is 1. The zero-order valence-electron chi connectivity index (χ0n) is 13.8. The van der Waals surface area contributed by atoms with E-state index in [2.05, 4.69) is 21.2 Å². The van der Waals surface area contributed by atoms with Gasteiger partial charge in [-0.3, -0.25) is 4.79 Å². The summed E-state index contributed by atoms with van der Waals surface area (Å²) in [7, 11) is 0. The Hall–Kier alpha value is -2.59. The summed E-state index contributed by atoms with van der Waals surface area (Å²) in [5.74, 6) is 0.551. The number of carbonyl (C=O) groups excluding carboxylic acids is 1. The number of nitrogens with one attached hydrogen (secondary N) is 1. The summed E-state index contributed by atoms with van der Waals surface area (Å²) >= 11 is 3.48. The molecule has 0 atom stereocenters. The van der Waals surface area contributed by atoms with Crippen LogP contribution in [0.4, 0.5) is 5.69 Å². The fourth-order valence-corrected chi connectivity index (χ4v) is 2.83. The van der Waals surface area contributed by atoms with Gasteiger partial charge >= 0.3 is 0 Å². The minimum Gasteiger partial charge on any atom is -0.488 e. The van der Waals surface area contributed by atoms with Crippen LogP contribution >= 0.6 is 15.9 Å². The van der Waals surface area contributed by atoms with Gasteiger partial charge in [-0.2, -0.15) is 0 Å². The predicted molar refractivity (Wildman–Crippen MR) is 104 cm³/mol. The van der Waals surface area contributed by atoms with Crippen molar-refractivity contribution in [3.05, 3.63) is 94.0 Å². The first-order valence-electron chi connectivity index (χ1n) is 7.96. The molecule has 0 aromatic heterocycles. The largest absolute Gasteiger partial charge is 0.488 e. The summed E-state index contributed by atoms with van der Waals surface area (Å²) in [4.78, 5) is 12.4. The SMILES string of the molecule is Cc1ccc(NC(=O)c2ccc(OCc3ccccc3)c(Br)c2)cc1. The first-order chi connectivity index (χ1) is 12.1. The van der Waals surface area contributed by atoms with E-state index in [9.17, 15) is 4.79 Å². The van der Waals surface area contributed by atoms with Crippen molar-refractivity contribution < 1.29 is 9.53 Å². The van der Waals surface area contributed by atoms with Crippen molar-refractivity contribution in [3.63, 3.8) is 0 Å². The molecule has 3 rings (SSSR count). The highest BCUT2D eigenvalue weighted by Crippen LogP contribution is 2.27. The maximum absolute atomic E-state index is 12.4. The topological polar surface area (TPSA) is 38.3 Å². The molecule has 0 unspecified atom stereocenters. The summed E-state index contributed by atoms with van der Waals surface area (Å²) in [6.45, 7) is 2.49. The van der Waals surface area contributed by atoms with Crippen molar-refractivity contribution >= 4 is 27.5 Å². The van der Waals surface area contributed by atoms with E-state index in [0.29, 0.717) is 17.9 Å². The lowest BCUT2D eigenvalue weighted by Gasteiger charge is -2.10. The number of hydrogen-bond acceptors (Lipinski definition) is 2. The average Bonchev–Trinajstić information content (AvgIpc) is 2.63. The second kappa shape index (κ2) is 7.99. The smallest absolute Gasteiger partial charge is 0.255 e. The third kappa shape index (κ3) is 4.70. The molecule has 1 amide bonds. The van der Waals surface area contributed by atoms with Crippen molar-refractivity contribution in [2.24, 2.45) is 0 Å². The minimum atomic E-state index is -0.154. The molecule has 25 heavy (non-hydrogen) atoms. The lowest BCUT2D eigenvalue weighted by atomic mass is 10.2. The molecule has 0 aliphatic rings. The highest BCUT2D eigenvalue weighted by molar-refractivity contribution is 9.10. The zero-order valence-corrected chi connectivity index (χ0v) is 15.4. The van der Waals surface area contributed by atoms with Crippen molar-refractivity contribution in [2.75, 3.05) is 5.32 Å². The minimum absolute atomic E-state index is 0.154. The average molecular weight is 396 g/mol. The molecule has 0 saturated carbocycles. The monoisotopic (exact) mass is 395 g/mol. The van der Waals surface area contributed by atoms with Crippen LogP contribution in [0.3, 0.4) is 0 Å². The maximum atomic E-state index is 12.4. The number of benzene rings is 3. The van der Waals surface area contributed by atoms with Gasteiger partial charge in [-0.05, 0) is 58.7 Å². The van der Waals surface area contributed by atoms with Gasteiger partial charge in [0, 0.05) is 11.3 Å². The molecule has 0 aliphatic carbocycles. The fourth-order valence-electron chi connectivity index (χ4n) is 2.33. The van der Waals surface area contributed by atoms with Gasteiger partial charge in [0.25, 0.3) is 5.91 Å². The summed E-state index contributed by atoms with van der Waals surface area (Å²) in [5.41, 5.74) is 3.59. The Kier molecular flexibility index (Phi) is 5.51. The van der Waals surface area contributed by atoms with Crippen molar-refractivity contribution in [1.29, 1.82) is 0 Å². The number of aryl methyl sites for hydroxylation is 1. The highest BCUT2D eigenvalue weighted by atomic mass is 79.9. The van der Waals surface area contributed by atoms with Crippen LogP contribution in [-0.2, 0) is 6.61 Å². The second-order valence-corrected chi connectivity index (χ2v) is 6.59. The highest BCUT2D eigenvalue weighted by Gasteiger charge is 2.10. The number of hydrogen-bond donors (Lipinski definition) is 1. The van der Waals surface area contributed by atoms with E-state index in [-0.39, 0.29) is 5.91 Å². The molecule has 0 heterocycles. The number of rotatable bonds is 5.